The Kier molecular flexibility index (Phi) is 5.94. The summed E-state index contributed by atoms with van der Waals surface area (Å²) in [7, 11) is 0. The molecule has 0 bridgehead atoms. The van der Waals surface area contributed by atoms with Crippen LogP contribution in [0.25, 0.3) is 0 Å². The van der Waals surface area contributed by atoms with E-state index in [1.165, 1.54) is 24.2 Å². The lowest BCUT2D eigenvalue weighted by Crippen LogP contribution is -2.35. The number of hydrogen-bond donors (Lipinski definition) is 2. The molecule has 2 rings (SSSR count). The first-order valence-corrected chi connectivity index (χ1v) is 9.26. The van der Waals surface area contributed by atoms with Crippen LogP contribution < -0.4 is 11.1 Å². The van der Waals surface area contributed by atoms with Gasteiger partial charge in [0.25, 0.3) is 0 Å². The van der Waals surface area contributed by atoms with E-state index in [0.717, 1.165) is 22.9 Å². The summed E-state index contributed by atoms with van der Waals surface area (Å²) in [6, 6.07) is 6.84. The summed E-state index contributed by atoms with van der Waals surface area (Å²) in [6.45, 7) is 6.86. The second-order valence-corrected chi connectivity index (χ2v) is 7.74. The van der Waals surface area contributed by atoms with Gasteiger partial charge in [0.15, 0.2) is 0 Å². The molecule has 1 saturated carbocycles. The van der Waals surface area contributed by atoms with Crippen LogP contribution in [0.2, 0.25) is 0 Å². The fourth-order valence-electron chi connectivity index (χ4n) is 3.17. The van der Waals surface area contributed by atoms with Crippen LogP contribution in [0.5, 0.6) is 0 Å². The number of nitrogens with two attached hydrogens (primary N) is 1. The topological polar surface area (TPSA) is 38.0 Å². The van der Waals surface area contributed by atoms with Gasteiger partial charge in [-0.2, -0.15) is 0 Å². The molecule has 2 nitrogen and oxygen atoms in total. The third kappa shape index (κ3) is 3.92. The van der Waals surface area contributed by atoms with Crippen molar-refractivity contribution in [3.05, 3.63) is 23.8 Å². The van der Waals surface area contributed by atoms with Crippen LogP contribution in [0.15, 0.2) is 23.1 Å². The van der Waals surface area contributed by atoms with Gasteiger partial charge >= 0.3 is 0 Å². The molecule has 4 heteroatoms. The van der Waals surface area contributed by atoms with Crippen molar-refractivity contribution in [1.29, 1.82) is 0 Å². The van der Waals surface area contributed by atoms with E-state index in [1.807, 2.05) is 0 Å². The molecule has 0 radical (unpaired) electrons. The van der Waals surface area contributed by atoms with Gasteiger partial charge < -0.3 is 11.1 Å². The van der Waals surface area contributed by atoms with Crippen molar-refractivity contribution in [2.45, 2.75) is 51.0 Å². The standard InChI is InChI=1S/C17H26N2S2/c1-4-21-15-10-6-9-14(16(15)17(18)20)19-13-8-5-7-11(2)12(13)3/h6,9-13,19H,4-5,7-8H2,1-3H3,(H2,18,20). The molecule has 1 aliphatic rings. The highest BCUT2D eigenvalue weighted by Gasteiger charge is 2.27. The third-order valence-corrected chi connectivity index (χ3v) is 5.76. The minimum atomic E-state index is 0.491. The van der Waals surface area contributed by atoms with Crippen LogP contribution in [0.1, 0.15) is 45.6 Å². The van der Waals surface area contributed by atoms with Crippen LogP contribution in [-0.4, -0.2) is 16.8 Å². The van der Waals surface area contributed by atoms with Gasteiger partial charge in [-0.25, -0.2) is 0 Å². The minimum Gasteiger partial charge on any atom is -0.389 e. The summed E-state index contributed by atoms with van der Waals surface area (Å²) in [4.78, 5) is 1.68. The summed E-state index contributed by atoms with van der Waals surface area (Å²) >= 11 is 7.10. The molecule has 3 unspecified atom stereocenters. The zero-order valence-electron chi connectivity index (χ0n) is 13.2. The molecule has 0 heterocycles. The molecule has 0 aliphatic heterocycles. The molecule has 1 aromatic rings. The number of thiocarbonyl (C=S) groups is 1. The molecule has 21 heavy (non-hydrogen) atoms. The Hall–Kier alpha value is -0.740. The van der Waals surface area contributed by atoms with E-state index in [1.54, 1.807) is 11.8 Å². The number of benzene rings is 1. The van der Waals surface area contributed by atoms with E-state index in [-0.39, 0.29) is 0 Å². The van der Waals surface area contributed by atoms with E-state index in [0.29, 0.717) is 16.9 Å². The molecule has 0 amide bonds. The van der Waals surface area contributed by atoms with Crippen molar-refractivity contribution in [2.24, 2.45) is 17.6 Å². The molecule has 0 spiro atoms. The second-order valence-electron chi connectivity index (χ2n) is 5.99. The third-order valence-electron chi connectivity index (χ3n) is 4.62. The SMILES string of the molecule is CCSc1cccc(NC2CCCC(C)C2C)c1C(N)=S. The smallest absolute Gasteiger partial charge is 0.107 e. The van der Waals surface area contributed by atoms with Gasteiger partial charge in [0.05, 0.1) is 0 Å². The van der Waals surface area contributed by atoms with Gasteiger partial charge in [-0.05, 0) is 36.1 Å². The van der Waals surface area contributed by atoms with E-state index in [2.05, 4.69) is 44.3 Å². The number of anilines is 1. The summed E-state index contributed by atoms with van der Waals surface area (Å²) < 4.78 is 0. The fourth-order valence-corrected chi connectivity index (χ4v) is 4.30. The molecule has 3 N–H and O–H groups in total. The fraction of sp³-hybridized carbons (Fsp3) is 0.588. The first kappa shape index (κ1) is 16.6. The zero-order valence-corrected chi connectivity index (χ0v) is 14.8. The van der Waals surface area contributed by atoms with Crippen LogP contribution in [-0.2, 0) is 0 Å². The Bertz CT molecular complexity index is 502. The lowest BCUT2D eigenvalue weighted by Gasteiger charge is -2.35. The Morgan fingerprint density at radius 1 is 1.38 bits per heavy atom. The quantitative estimate of drug-likeness (QED) is 0.610. The molecule has 3 atom stereocenters. The number of thioether (sulfide) groups is 1. The Labute approximate surface area is 138 Å². The number of nitrogens with one attached hydrogen (secondary N) is 1. The summed E-state index contributed by atoms with van der Waals surface area (Å²) in [5, 5.41) is 3.73. The molecule has 0 aromatic heterocycles. The largest absolute Gasteiger partial charge is 0.389 e. The van der Waals surface area contributed by atoms with Gasteiger partial charge in [0.1, 0.15) is 4.99 Å². The molecule has 1 fully saturated rings. The van der Waals surface area contributed by atoms with Gasteiger partial charge in [0, 0.05) is 22.2 Å². The van der Waals surface area contributed by atoms with Crippen molar-refractivity contribution < 1.29 is 0 Å². The van der Waals surface area contributed by atoms with Gasteiger partial charge in [0.2, 0.25) is 0 Å². The molecular formula is C17H26N2S2. The average molecular weight is 323 g/mol. The van der Waals surface area contributed by atoms with Crippen molar-refractivity contribution in [1.82, 2.24) is 0 Å². The van der Waals surface area contributed by atoms with Crippen LogP contribution >= 0.6 is 24.0 Å². The zero-order chi connectivity index (χ0) is 15.4. The van der Waals surface area contributed by atoms with Crippen LogP contribution in [0, 0.1) is 11.8 Å². The Morgan fingerprint density at radius 2 is 2.14 bits per heavy atom. The highest BCUT2D eigenvalue weighted by atomic mass is 32.2. The lowest BCUT2D eigenvalue weighted by molar-refractivity contribution is 0.253. The maximum atomic E-state index is 5.99. The van der Waals surface area contributed by atoms with Gasteiger partial charge in [-0.3, -0.25) is 0 Å². The predicted octanol–water partition coefficient (Wildman–Crippen LogP) is 4.67. The van der Waals surface area contributed by atoms with Gasteiger partial charge in [-0.1, -0.05) is 51.9 Å². The Morgan fingerprint density at radius 3 is 2.81 bits per heavy atom. The van der Waals surface area contributed by atoms with Crippen molar-refractivity contribution >= 4 is 34.7 Å². The van der Waals surface area contributed by atoms with Crippen LogP contribution in [0.4, 0.5) is 5.69 Å². The number of hydrogen-bond acceptors (Lipinski definition) is 3. The monoisotopic (exact) mass is 322 g/mol. The first-order chi connectivity index (χ1) is 10.0. The predicted molar refractivity (Wildman–Crippen MR) is 98.3 cm³/mol. The maximum Gasteiger partial charge on any atom is 0.107 e. The normalized spacial score (nSPS) is 25.6. The lowest BCUT2D eigenvalue weighted by atomic mass is 9.78. The van der Waals surface area contributed by atoms with E-state index < -0.39 is 0 Å². The van der Waals surface area contributed by atoms with Crippen molar-refractivity contribution in [3.63, 3.8) is 0 Å². The van der Waals surface area contributed by atoms with Gasteiger partial charge in [-0.15, -0.1) is 11.8 Å². The maximum absolute atomic E-state index is 5.99. The first-order valence-electron chi connectivity index (χ1n) is 7.86. The van der Waals surface area contributed by atoms with E-state index >= 15 is 0 Å². The molecule has 1 aliphatic carbocycles. The highest BCUT2D eigenvalue weighted by molar-refractivity contribution is 7.99. The van der Waals surface area contributed by atoms with Crippen molar-refractivity contribution in [2.75, 3.05) is 11.1 Å². The average Bonchev–Trinajstić information content (AvgIpc) is 2.44. The molecule has 1 aromatic carbocycles. The van der Waals surface area contributed by atoms with E-state index in [4.69, 9.17) is 18.0 Å². The van der Waals surface area contributed by atoms with Crippen molar-refractivity contribution in [3.8, 4) is 0 Å². The summed E-state index contributed by atoms with van der Waals surface area (Å²) in [5.41, 5.74) is 8.11. The van der Waals surface area contributed by atoms with E-state index in [9.17, 15) is 0 Å². The number of rotatable bonds is 5. The van der Waals surface area contributed by atoms with Crippen LogP contribution in [0.3, 0.4) is 0 Å². The molecule has 116 valence electrons. The summed E-state index contributed by atoms with van der Waals surface area (Å²) in [6.07, 6.45) is 3.87. The Balaban J connectivity index is 2.26. The molecule has 0 saturated heterocycles. The summed E-state index contributed by atoms with van der Waals surface area (Å²) in [5.74, 6) is 2.48. The second kappa shape index (κ2) is 7.50. The highest BCUT2D eigenvalue weighted by Crippen LogP contribution is 2.34. The molecular weight excluding hydrogens is 296 g/mol. The minimum absolute atomic E-state index is 0.491.